The Morgan fingerprint density at radius 1 is 1.36 bits per heavy atom. The van der Waals surface area contributed by atoms with E-state index >= 15 is 0 Å². The number of nitrogens with zero attached hydrogens (tertiary/aromatic N) is 2. The molecule has 0 radical (unpaired) electrons. The SMILES string of the molecule is CC(C)C(CNC(=O)Cc1csc(-c2cccs2)n1)N1CCOCC1. The molecule has 0 spiro atoms. The van der Waals surface area contributed by atoms with Crippen molar-refractivity contribution in [3.63, 3.8) is 0 Å². The molecule has 0 bridgehead atoms. The molecule has 1 aliphatic heterocycles. The third-order valence-corrected chi connectivity index (χ3v) is 6.35. The van der Waals surface area contributed by atoms with Gasteiger partial charge in [-0.1, -0.05) is 19.9 Å². The smallest absolute Gasteiger partial charge is 0.226 e. The van der Waals surface area contributed by atoms with E-state index in [0.717, 1.165) is 41.9 Å². The fraction of sp³-hybridized carbons (Fsp3) is 0.556. The van der Waals surface area contributed by atoms with Crippen LogP contribution in [0.15, 0.2) is 22.9 Å². The Hall–Kier alpha value is -1.28. The Labute approximate surface area is 157 Å². The lowest BCUT2D eigenvalue weighted by Gasteiger charge is -2.36. The number of thiophene rings is 1. The average molecular weight is 380 g/mol. The van der Waals surface area contributed by atoms with Crippen molar-refractivity contribution in [2.24, 2.45) is 5.92 Å². The molecule has 1 unspecified atom stereocenters. The lowest BCUT2D eigenvalue weighted by atomic mass is 10.0. The summed E-state index contributed by atoms with van der Waals surface area (Å²) in [6, 6.07) is 4.43. The number of ether oxygens (including phenoxy) is 1. The maximum atomic E-state index is 12.3. The highest BCUT2D eigenvalue weighted by Gasteiger charge is 2.24. The van der Waals surface area contributed by atoms with Gasteiger partial charge in [-0.25, -0.2) is 4.98 Å². The second-order valence-corrected chi connectivity index (χ2v) is 8.37. The van der Waals surface area contributed by atoms with E-state index in [-0.39, 0.29) is 5.91 Å². The number of nitrogens with one attached hydrogen (secondary N) is 1. The topological polar surface area (TPSA) is 54.5 Å². The van der Waals surface area contributed by atoms with Gasteiger partial charge in [0.1, 0.15) is 5.01 Å². The van der Waals surface area contributed by atoms with Crippen LogP contribution >= 0.6 is 22.7 Å². The molecule has 3 rings (SSSR count). The molecule has 0 aliphatic carbocycles. The Kier molecular flexibility index (Phi) is 6.58. The lowest BCUT2D eigenvalue weighted by Crippen LogP contribution is -2.51. The molecule has 25 heavy (non-hydrogen) atoms. The highest BCUT2D eigenvalue weighted by Crippen LogP contribution is 2.27. The fourth-order valence-corrected chi connectivity index (χ4v) is 4.68. The van der Waals surface area contributed by atoms with Crippen molar-refractivity contribution in [3.8, 4) is 9.88 Å². The molecule has 2 aromatic rings. The Bertz CT molecular complexity index is 664. The molecule has 1 aliphatic rings. The number of morpholine rings is 1. The van der Waals surface area contributed by atoms with Crippen molar-refractivity contribution < 1.29 is 9.53 Å². The first-order valence-electron chi connectivity index (χ1n) is 8.70. The van der Waals surface area contributed by atoms with E-state index in [1.807, 2.05) is 16.8 Å². The summed E-state index contributed by atoms with van der Waals surface area (Å²) < 4.78 is 5.43. The molecule has 2 aromatic heterocycles. The quantitative estimate of drug-likeness (QED) is 0.804. The van der Waals surface area contributed by atoms with Gasteiger partial charge in [-0.15, -0.1) is 22.7 Å². The first-order valence-corrected chi connectivity index (χ1v) is 10.5. The van der Waals surface area contributed by atoms with Gasteiger partial charge in [-0.2, -0.15) is 0 Å². The van der Waals surface area contributed by atoms with E-state index in [9.17, 15) is 4.79 Å². The summed E-state index contributed by atoms with van der Waals surface area (Å²) in [6.45, 7) is 8.53. The summed E-state index contributed by atoms with van der Waals surface area (Å²) in [6.07, 6.45) is 0.343. The van der Waals surface area contributed by atoms with Crippen molar-refractivity contribution >= 4 is 28.6 Å². The van der Waals surface area contributed by atoms with Crippen molar-refractivity contribution in [2.75, 3.05) is 32.8 Å². The van der Waals surface area contributed by atoms with Crippen molar-refractivity contribution in [1.82, 2.24) is 15.2 Å². The first-order chi connectivity index (χ1) is 12.1. The van der Waals surface area contributed by atoms with Crippen LogP contribution in [0.2, 0.25) is 0 Å². The van der Waals surface area contributed by atoms with E-state index < -0.39 is 0 Å². The third-order valence-electron chi connectivity index (χ3n) is 4.42. The predicted octanol–water partition coefficient (Wildman–Crippen LogP) is 2.89. The lowest BCUT2D eigenvalue weighted by molar-refractivity contribution is -0.120. The van der Waals surface area contributed by atoms with Gasteiger partial charge in [-0.3, -0.25) is 9.69 Å². The van der Waals surface area contributed by atoms with Crippen LogP contribution in [0.25, 0.3) is 9.88 Å². The van der Waals surface area contributed by atoms with E-state index in [2.05, 4.69) is 35.1 Å². The summed E-state index contributed by atoms with van der Waals surface area (Å²) in [5.74, 6) is 0.532. The number of carbonyl (C=O) groups excluding carboxylic acids is 1. The van der Waals surface area contributed by atoms with Gasteiger partial charge in [-0.05, 0) is 17.4 Å². The van der Waals surface area contributed by atoms with Gasteiger partial charge in [0.2, 0.25) is 5.91 Å². The molecule has 0 aromatic carbocycles. The predicted molar refractivity (Wildman–Crippen MR) is 103 cm³/mol. The molecular weight excluding hydrogens is 354 g/mol. The van der Waals surface area contributed by atoms with Crippen LogP contribution in [0, 0.1) is 5.92 Å². The second kappa shape index (κ2) is 8.89. The Morgan fingerprint density at radius 2 is 2.16 bits per heavy atom. The maximum Gasteiger partial charge on any atom is 0.226 e. The van der Waals surface area contributed by atoms with Crippen molar-refractivity contribution in [1.29, 1.82) is 0 Å². The molecule has 3 heterocycles. The molecule has 1 saturated heterocycles. The molecule has 1 atom stereocenters. The van der Waals surface area contributed by atoms with Gasteiger partial charge >= 0.3 is 0 Å². The van der Waals surface area contributed by atoms with Crippen molar-refractivity contribution in [3.05, 3.63) is 28.6 Å². The first kappa shape index (κ1) is 18.5. The zero-order valence-electron chi connectivity index (χ0n) is 14.7. The monoisotopic (exact) mass is 379 g/mol. The number of carbonyl (C=O) groups is 1. The number of hydrogen-bond acceptors (Lipinski definition) is 6. The zero-order chi connectivity index (χ0) is 17.6. The van der Waals surface area contributed by atoms with Crippen LogP contribution in [0.4, 0.5) is 0 Å². The largest absolute Gasteiger partial charge is 0.379 e. The van der Waals surface area contributed by atoms with Crippen LogP contribution in [0.5, 0.6) is 0 Å². The number of aromatic nitrogens is 1. The summed E-state index contributed by atoms with van der Waals surface area (Å²) >= 11 is 3.27. The van der Waals surface area contributed by atoms with E-state index in [0.29, 0.717) is 24.9 Å². The molecule has 1 fully saturated rings. The van der Waals surface area contributed by atoms with Crippen LogP contribution in [0.3, 0.4) is 0 Å². The highest BCUT2D eigenvalue weighted by atomic mass is 32.1. The van der Waals surface area contributed by atoms with Gasteiger partial charge in [0.05, 0.1) is 30.2 Å². The van der Waals surface area contributed by atoms with Gasteiger partial charge in [0.15, 0.2) is 0 Å². The molecule has 7 heteroatoms. The minimum Gasteiger partial charge on any atom is -0.379 e. The summed E-state index contributed by atoms with van der Waals surface area (Å²) in [5.41, 5.74) is 0.846. The Morgan fingerprint density at radius 3 is 2.84 bits per heavy atom. The molecule has 5 nitrogen and oxygen atoms in total. The van der Waals surface area contributed by atoms with Crippen LogP contribution in [0.1, 0.15) is 19.5 Å². The fourth-order valence-electron chi connectivity index (χ4n) is 3.04. The van der Waals surface area contributed by atoms with Crippen LogP contribution in [-0.4, -0.2) is 54.7 Å². The van der Waals surface area contributed by atoms with Gasteiger partial charge in [0.25, 0.3) is 0 Å². The van der Waals surface area contributed by atoms with Crippen LogP contribution in [-0.2, 0) is 16.0 Å². The molecule has 1 amide bonds. The zero-order valence-corrected chi connectivity index (χ0v) is 16.4. The van der Waals surface area contributed by atoms with Gasteiger partial charge in [0, 0.05) is 31.1 Å². The number of rotatable bonds is 7. The summed E-state index contributed by atoms with van der Waals surface area (Å²) in [7, 11) is 0. The number of thiazole rings is 1. The summed E-state index contributed by atoms with van der Waals surface area (Å²) in [4.78, 5) is 20.5. The molecular formula is C18H25N3O2S2. The molecule has 1 N–H and O–H groups in total. The number of amides is 1. The third kappa shape index (κ3) is 5.10. The maximum absolute atomic E-state index is 12.3. The second-order valence-electron chi connectivity index (χ2n) is 6.56. The van der Waals surface area contributed by atoms with E-state index in [4.69, 9.17) is 4.74 Å². The summed E-state index contributed by atoms with van der Waals surface area (Å²) in [5, 5.41) is 8.12. The normalized spacial score (nSPS) is 16.9. The standard InChI is InChI=1S/C18H25N3O2S2/c1-13(2)15(21-5-7-23-8-6-21)11-19-17(22)10-14-12-25-18(20-14)16-4-3-9-24-16/h3-4,9,12-13,15H,5-8,10-11H2,1-2H3,(H,19,22). The van der Waals surface area contributed by atoms with Gasteiger partial charge < -0.3 is 10.1 Å². The minimum absolute atomic E-state index is 0.0435. The molecule has 0 saturated carbocycles. The van der Waals surface area contributed by atoms with Crippen molar-refractivity contribution in [2.45, 2.75) is 26.3 Å². The van der Waals surface area contributed by atoms with E-state index in [1.54, 1.807) is 22.7 Å². The minimum atomic E-state index is 0.0435. The Balaban J connectivity index is 1.51. The number of hydrogen-bond donors (Lipinski definition) is 1. The molecule has 136 valence electrons. The van der Waals surface area contributed by atoms with Crippen LogP contribution < -0.4 is 5.32 Å². The highest BCUT2D eigenvalue weighted by molar-refractivity contribution is 7.20. The van der Waals surface area contributed by atoms with E-state index in [1.165, 1.54) is 0 Å². The average Bonchev–Trinajstić information content (AvgIpc) is 3.27.